The molecule has 0 unspecified atom stereocenters. The molecule has 3 N–H and O–H groups in total. The van der Waals surface area contributed by atoms with Crippen molar-refractivity contribution < 1.29 is 4.79 Å². The first kappa shape index (κ1) is 11.4. The lowest BCUT2D eigenvalue weighted by Crippen LogP contribution is -2.13. The number of hydrogen-bond acceptors (Lipinski definition) is 3. The third-order valence-corrected chi connectivity index (χ3v) is 2.33. The van der Waals surface area contributed by atoms with Crippen LogP contribution >= 0.6 is 11.6 Å². The summed E-state index contributed by atoms with van der Waals surface area (Å²) in [6.45, 7) is 0. The van der Waals surface area contributed by atoms with Crippen LogP contribution in [0.4, 0.5) is 11.4 Å². The summed E-state index contributed by atoms with van der Waals surface area (Å²) < 4.78 is 0. The van der Waals surface area contributed by atoms with Crippen LogP contribution in [0.25, 0.3) is 0 Å². The molecule has 0 aliphatic rings. The van der Waals surface area contributed by atoms with Crippen molar-refractivity contribution in [3.8, 4) is 0 Å². The third kappa shape index (κ3) is 2.95. The van der Waals surface area contributed by atoms with Crippen molar-refractivity contribution in [2.75, 3.05) is 11.1 Å². The zero-order valence-electron chi connectivity index (χ0n) is 8.85. The van der Waals surface area contributed by atoms with Gasteiger partial charge < -0.3 is 11.1 Å². The van der Waals surface area contributed by atoms with Crippen LogP contribution < -0.4 is 11.1 Å². The van der Waals surface area contributed by atoms with Gasteiger partial charge in [0.15, 0.2) is 0 Å². The predicted molar refractivity (Wildman–Crippen MR) is 68.1 cm³/mol. The molecule has 0 atom stereocenters. The zero-order valence-corrected chi connectivity index (χ0v) is 9.61. The molecule has 0 saturated heterocycles. The number of carbonyl (C=O) groups excluding carboxylic acids is 1. The summed E-state index contributed by atoms with van der Waals surface area (Å²) in [5.41, 5.74) is 7.13. The summed E-state index contributed by atoms with van der Waals surface area (Å²) in [7, 11) is 0. The van der Waals surface area contributed by atoms with Crippen LogP contribution in [0.1, 0.15) is 10.5 Å². The van der Waals surface area contributed by atoms with Gasteiger partial charge in [-0.15, -0.1) is 0 Å². The van der Waals surface area contributed by atoms with E-state index in [0.717, 1.165) is 0 Å². The van der Waals surface area contributed by atoms with Gasteiger partial charge in [0.2, 0.25) is 0 Å². The average Bonchev–Trinajstić information content (AvgIpc) is 2.29. The highest BCUT2D eigenvalue weighted by Gasteiger charge is 2.07. The Hall–Kier alpha value is -2.07. The molecule has 0 aliphatic carbocycles. The van der Waals surface area contributed by atoms with Gasteiger partial charge in [-0.1, -0.05) is 17.7 Å². The molecule has 1 aromatic heterocycles. The molecule has 4 nitrogen and oxygen atoms in total. The molecule has 0 aliphatic heterocycles. The first-order valence-corrected chi connectivity index (χ1v) is 5.31. The Kier molecular flexibility index (Phi) is 3.25. The third-order valence-electron chi connectivity index (χ3n) is 2.10. The van der Waals surface area contributed by atoms with Crippen molar-refractivity contribution >= 4 is 28.9 Å². The maximum Gasteiger partial charge on any atom is 0.274 e. The Morgan fingerprint density at radius 1 is 1.29 bits per heavy atom. The van der Waals surface area contributed by atoms with Crippen molar-refractivity contribution in [2.45, 2.75) is 0 Å². The minimum Gasteiger partial charge on any atom is -0.399 e. The van der Waals surface area contributed by atoms with E-state index in [2.05, 4.69) is 10.3 Å². The molecule has 2 aromatic rings. The van der Waals surface area contributed by atoms with Crippen molar-refractivity contribution in [2.24, 2.45) is 0 Å². The van der Waals surface area contributed by atoms with Crippen molar-refractivity contribution in [3.05, 3.63) is 53.3 Å². The topological polar surface area (TPSA) is 68.0 Å². The number of nitrogen functional groups attached to an aromatic ring is 1. The number of anilines is 2. The van der Waals surface area contributed by atoms with E-state index in [1.807, 2.05) is 0 Å². The normalized spacial score (nSPS) is 9.94. The maximum absolute atomic E-state index is 11.8. The van der Waals surface area contributed by atoms with Crippen molar-refractivity contribution in [1.82, 2.24) is 4.98 Å². The fourth-order valence-corrected chi connectivity index (χ4v) is 1.43. The minimum absolute atomic E-state index is 0.299. The Morgan fingerprint density at radius 2 is 2.12 bits per heavy atom. The number of nitrogens with one attached hydrogen (secondary N) is 1. The molecule has 1 amide bonds. The van der Waals surface area contributed by atoms with E-state index in [9.17, 15) is 4.79 Å². The smallest absolute Gasteiger partial charge is 0.274 e. The van der Waals surface area contributed by atoms with Gasteiger partial charge in [0.05, 0.1) is 5.02 Å². The Balaban J connectivity index is 2.14. The van der Waals surface area contributed by atoms with E-state index < -0.39 is 0 Å². The lowest BCUT2D eigenvalue weighted by atomic mass is 10.2. The van der Waals surface area contributed by atoms with Gasteiger partial charge >= 0.3 is 0 Å². The van der Waals surface area contributed by atoms with Gasteiger partial charge in [-0.25, -0.2) is 4.98 Å². The monoisotopic (exact) mass is 247 g/mol. The Labute approximate surface area is 103 Å². The van der Waals surface area contributed by atoms with Gasteiger partial charge in [0, 0.05) is 17.6 Å². The number of rotatable bonds is 2. The number of pyridine rings is 1. The quantitative estimate of drug-likeness (QED) is 0.802. The van der Waals surface area contributed by atoms with E-state index in [4.69, 9.17) is 17.3 Å². The molecule has 1 aromatic carbocycles. The van der Waals surface area contributed by atoms with Crippen LogP contribution in [0.3, 0.4) is 0 Å². The Morgan fingerprint density at radius 3 is 2.76 bits per heavy atom. The molecule has 5 heteroatoms. The fraction of sp³-hybridized carbons (Fsp3) is 0. The number of amides is 1. The average molecular weight is 248 g/mol. The van der Waals surface area contributed by atoms with Gasteiger partial charge in [-0.3, -0.25) is 4.79 Å². The molecule has 0 saturated carbocycles. The fourth-order valence-electron chi connectivity index (χ4n) is 1.32. The van der Waals surface area contributed by atoms with E-state index >= 15 is 0 Å². The highest BCUT2D eigenvalue weighted by atomic mass is 35.5. The lowest BCUT2D eigenvalue weighted by Gasteiger charge is -2.05. The molecule has 2 rings (SSSR count). The molecule has 0 fully saturated rings. The largest absolute Gasteiger partial charge is 0.399 e. The molecule has 0 radical (unpaired) electrons. The van der Waals surface area contributed by atoms with Gasteiger partial charge in [0.25, 0.3) is 5.91 Å². The van der Waals surface area contributed by atoms with Crippen LogP contribution in [0, 0.1) is 0 Å². The Bertz CT molecular complexity index is 540. The molecule has 0 spiro atoms. The molecular weight excluding hydrogens is 238 g/mol. The molecule has 86 valence electrons. The van der Waals surface area contributed by atoms with Crippen LogP contribution in [-0.4, -0.2) is 10.9 Å². The number of hydrogen-bond donors (Lipinski definition) is 2. The molecule has 0 bridgehead atoms. The second kappa shape index (κ2) is 4.84. The number of halogens is 1. The number of aromatic nitrogens is 1. The standard InChI is InChI=1S/C12H10ClN3O/c13-8-4-5-11(15-7-8)12(17)16-10-3-1-2-9(14)6-10/h1-7H,14H2,(H,16,17). The summed E-state index contributed by atoms with van der Waals surface area (Å²) in [5, 5.41) is 3.19. The summed E-state index contributed by atoms with van der Waals surface area (Å²) >= 11 is 5.69. The van der Waals surface area contributed by atoms with Crippen LogP contribution in [0.2, 0.25) is 5.02 Å². The van der Waals surface area contributed by atoms with Gasteiger partial charge in [-0.2, -0.15) is 0 Å². The molecular formula is C12H10ClN3O. The van der Waals surface area contributed by atoms with Crippen molar-refractivity contribution in [3.63, 3.8) is 0 Å². The number of carbonyl (C=O) groups is 1. The number of nitrogens with two attached hydrogens (primary N) is 1. The highest BCUT2D eigenvalue weighted by molar-refractivity contribution is 6.30. The van der Waals surface area contributed by atoms with E-state index in [1.54, 1.807) is 36.4 Å². The number of nitrogens with zero attached hydrogens (tertiary/aromatic N) is 1. The molecule has 1 heterocycles. The lowest BCUT2D eigenvalue weighted by molar-refractivity contribution is 0.102. The van der Waals surface area contributed by atoms with Gasteiger partial charge in [-0.05, 0) is 30.3 Å². The molecule has 17 heavy (non-hydrogen) atoms. The summed E-state index contributed by atoms with van der Waals surface area (Å²) in [6, 6.07) is 10.1. The van der Waals surface area contributed by atoms with E-state index in [0.29, 0.717) is 22.1 Å². The predicted octanol–water partition coefficient (Wildman–Crippen LogP) is 2.57. The summed E-state index contributed by atoms with van der Waals surface area (Å²) in [6.07, 6.45) is 1.43. The van der Waals surface area contributed by atoms with Crippen LogP contribution in [0.15, 0.2) is 42.6 Å². The number of benzene rings is 1. The summed E-state index contributed by atoms with van der Waals surface area (Å²) in [5.74, 6) is -0.299. The second-order valence-corrected chi connectivity index (χ2v) is 3.88. The van der Waals surface area contributed by atoms with E-state index in [1.165, 1.54) is 6.20 Å². The summed E-state index contributed by atoms with van der Waals surface area (Å²) in [4.78, 5) is 15.7. The van der Waals surface area contributed by atoms with E-state index in [-0.39, 0.29) is 5.91 Å². The zero-order chi connectivity index (χ0) is 12.3. The minimum atomic E-state index is -0.299. The van der Waals surface area contributed by atoms with Crippen molar-refractivity contribution in [1.29, 1.82) is 0 Å². The van der Waals surface area contributed by atoms with Gasteiger partial charge in [0.1, 0.15) is 5.69 Å². The maximum atomic E-state index is 11.8. The first-order valence-electron chi connectivity index (χ1n) is 4.93. The highest BCUT2D eigenvalue weighted by Crippen LogP contribution is 2.13. The van der Waals surface area contributed by atoms with Crippen LogP contribution in [-0.2, 0) is 0 Å². The SMILES string of the molecule is Nc1cccc(NC(=O)c2ccc(Cl)cn2)c1. The first-order chi connectivity index (χ1) is 8.15. The van der Waals surface area contributed by atoms with Crippen LogP contribution in [0.5, 0.6) is 0 Å². The second-order valence-electron chi connectivity index (χ2n) is 3.44.